The van der Waals surface area contributed by atoms with Gasteiger partial charge < -0.3 is 0 Å². The van der Waals surface area contributed by atoms with Crippen molar-refractivity contribution in [1.82, 2.24) is 0 Å². The van der Waals surface area contributed by atoms with Crippen LogP contribution in [0.5, 0.6) is 0 Å². The van der Waals surface area contributed by atoms with Gasteiger partial charge in [0.15, 0.2) is 0 Å². The van der Waals surface area contributed by atoms with Gasteiger partial charge in [-0.05, 0) is 0 Å². The summed E-state index contributed by atoms with van der Waals surface area (Å²) in [5.74, 6) is 0. The molecule has 2 N–H and O–H groups in total. The molecule has 0 aromatic heterocycles. The van der Waals surface area contributed by atoms with Gasteiger partial charge in [0.2, 0.25) is 0 Å². The van der Waals surface area contributed by atoms with Crippen molar-refractivity contribution >= 4 is 10.4 Å². The summed E-state index contributed by atoms with van der Waals surface area (Å²) in [5.41, 5.74) is 1.29. The third kappa shape index (κ3) is 19.2. The van der Waals surface area contributed by atoms with Crippen molar-refractivity contribution in [2.24, 2.45) is 0 Å². The van der Waals surface area contributed by atoms with Crippen molar-refractivity contribution in [3.8, 4) is 0 Å². The van der Waals surface area contributed by atoms with Crippen LogP contribution in [-0.4, -0.2) is 17.5 Å². The molecule has 68 valence electrons. The standard InChI is InChI=1S/C7H7.K.H2O4S/c1-7-5-3-2-4-6-7;;1-5(2,3)4/h3-6H,1H3;;(H2,1,2,3,4)/q-1;+1;. The molecule has 0 aliphatic heterocycles. The van der Waals surface area contributed by atoms with E-state index in [1.807, 2.05) is 24.3 Å². The van der Waals surface area contributed by atoms with E-state index in [2.05, 4.69) is 13.0 Å². The first kappa shape index (κ1) is 16.2. The van der Waals surface area contributed by atoms with Crippen LogP contribution in [0, 0.1) is 13.0 Å². The summed E-state index contributed by atoms with van der Waals surface area (Å²) in [4.78, 5) is 0. The van der Waals surface area contributed by atoms with E-state index >= 15 is 0 Å². The summed E-state index contributed by atoms with van der Waals surface area (Å²) < 4.78 is 31.6. The number of hydrogen-bond donors (Lipinski definition) is 2. The van der Waals surface area contributed by atoms with Gasteiger partial charge in [-0.15, -0.1) is 0 Å². The fourth-order valence-corrected chi connectivity index (χ4v) is 0.470. The van der Waals surface area contributed by atoms with E-state index in [1.165, 1.54) is 5.56 Å². The van der Waals surface area contributed by atoms with Gasteiger partial charge in [0.05, 0.1) is 0 Å². The Kier molecular flexibility index (Phi) is 10.0. The molecule has 4 nitrogen and oxygen atoms in total. The first-order valence-electron chi connectivity index (χ1n) is 3.02. The van der Waals surface area contributed by atoms with E-state index < -0.39 is 10.4 Å². The van der Waals surface area contributed by atoms with Gasteiger partial charge in [-0.2, -0.15) is 44.3 Å². The number of benzene rings is 1. The molecule has 1 rings (SSSR count). The molecule has 0 fully saturated rings. The number of rotatable bonds is 0. The summed E-state index contributed by atoms with van der Waals surface area (Å²) in [6, 6.07) is 10.8. The molecule has 6 heteroatoms. The molecule has 0 bridgehead atoms. The second kappa shape index (κ2) is 8.07. The quantitative estimate of drug-likeness (QED) is 0.310. The zero-order valence-corrected chi connectivity index (χ0v) is 11.4. The molecule has 0 saturated heterocycles. The minimum absolute atomic E-state index is 0. The summed E-state index contributed by atoms with van der Waals surface area (Å²) >= 11 is 0. The molecule has 0 atom stereocenters. The van der Waals surface area contributed by atoms with Crippen LogP contribution in [0.25, 0.3) is 0 Å². The Morgan fingerprint density at radius 2 is 1.54 bits per heavy atom. The molecule has 0 spiro atoms. The average Bonchev–Trinajstić information content (AvgIpc) is 1.85. The monoisotopic (exact) mass is 228 g/mol. The van der Waals surface area contributed by atoms with Crippen LogP contribution in [0.2, 0.25) is 0 Å². The molecular weight excluding hydrogens is 219 g/mol. The van der Waals surface area contributed by atoms with Gasteiger partial charge in [0.1, 0.15) is 0 Å². The summed E-state index contributed by atoms with van der Waals surface area (Å²) in [6.45, 7) is 2.06. The Morgan fingerprint density at radius 3 is 1.69 bits per heavy atom. The number of hydrogen-bond acceptors (Lipinski definition) is 2. The third-order valence-electron chi connectivity index (χ3n) is 0.885. The second-order valence-corrected chi connectivity index (χ2v) is 2.92. The minimum atomic E-state index is -4.67. The average molecular weight is 228 g/mol. The maximum Gasteiger partial charge on any atom is 1.00 e. The molecular formula is C7H9KO4S. The van der Waals surface area contributed by atoms with Crippen LogP contribution in [0.4, 0.5) is 0 Å². The molecule has 0 aliphatic carbocycles. The van der Waals surface area contributed by atoms with Crippen molar-refractivity contribution in [1.29, 1.82) is 0 Å². The van der Waals surface area contributed by atoms with Crippen molar-refractivity contribution in [2.75, 3.05) is 0 Å². The van der Waals surface area contributed by atoms with E-state index in [0.717, 1.165) is 0 Å². The Hall–Kier alpha value is 0.726. The van der Waals surface area contributed by atoms with E-state index in [-0.39, 0.29) is 51.4 Å². The van der Waals surface area contributed by atoms with Crippen LogP contribution >= 0.6 is 0 Å². The first-order valence-corrected chi connectivity index (χ1v) is 4.42. The van der Waals surface area contributed by atoms with Gasteiger partial charge in [-0.3, -0.25) is 9.11 Å². The zero-order valence-electron chi connectivity index (χ0n) is 7.43. The van der Waals surface area contributed by atoms with Crippen molar-refractivity contribution < 1.29 is 68.9 Å². The van der Waals surface area contributed by atoms with Crippen molar-refractivity contribution in [3.05, 3.63) is 35.9 Å². The van der Waals surface area contributed by atoms with Crippen molar-refractivity contribution in [2.45, 2.75) is 6.92 Å². The maximum atomic E-state index is 8.74. The Morgan fingerprint density at radius 1 is 1.23 bits per heavy atom. The van der Waals surface area contributed by atoms with Crippen molar-refractivity contribution in [3.63, 3.8) is 0 Å². The minimum Gasteiger partial charge on any atom is -0.264 e. The SMILES string of the molecule is Cc1cc[c-]cc1.O=S(=O)(O)O.[K+]. The van der Waals surface area contributed by atoms with E-state index in [9.17, 15) is 0 Å². The van der Waals surface area contributed by atoms with Gasteiger partial charge in [-0.25, -0.2) is 0 Å². The molecule has 0 amide bonds. The van der Waals surface area contributed by atoms with E-state index in [4.69, 9.17) is 17.5 Å². The van der Waals surface area contributed by atoms with E-state index in [0.29, 0.717) is 0 Å². The van der Waals surface area contributed by atoms with Crippen LogP contribution < -0.4 is 51.4 Å². The fourth-order valence-electron chi connectivity index (χ4n) is 0.470. The summed E-state index contributed by atoms with van der Waals surface area (Å²) in [7, 11) is -4.67. The second-order valence-electron chi connectivity index (χ2n) is 2.03. The zero-order chi connectivity index (χ0) is 9.61. The predicted molar refractivity (Wildman–Crippen MR) is 44.2 cm³/mol. The summed E-state index contributed by atoms with van der Waals surface area (Å²) in [6.07, 6.45) is 0. The van der Waals surface area contributed by atoms with Crippen LogP contribution in [0.3, 0.4) is 0 Å². The van der Waals surface area contributed by atoms with Gasteiger partial charge >= 0.3 is 61.8 Å². The van der Waals surface area contributed by atoms with Gasteiger partial charge in [0.25, 0.3) is 0 Å². The molecule has 0 saturated carbocycles. The van der Waals surface area contributed by atoms with Crippen LogP contribution in [0.15, 0.2) is 24.3 Å². The molecule has 1 aromatic rings. The molecule has 0 aliphatic rings. The fraction of sp³-hybridized carbons (Fsp3) is 0.143. The van der Waals surface area contributed by atoms with Crippen LogP contribution in [-0.2, 0) is 10.4 Å². The maximum absolute atomic E-state index is 8.74. The van der Waals surface area contributed by atoms with Gasteiger partial charge in [0, 0.05) is 0 Å². The molecule has 0 heterocycles. The molecule has 13 heavy (non-hydrogen) atoms. The van der Waals surface area contributed by atoms with Crippen LogP contribution in [0.1, 0.15) is 5.56 Å². The largest absolute Gasteiger partial charge is 1.00 e. The van der Waals surface area contributed by atoms with Gasteiger partial charge in [-0.1, -0.05) is 6.92 Å². The smallest absolute Gasteiger partial charge is 0.264 e. The predicted octanol–water partition coefficient (Wildman–Crippen LogP) is -1.85. The molecule has 0 radical (unpaired) electrons. The molecule has 1 aromatic carbocycles. The first-order chi connectivity index (χ1) is 5.39. The number of aryl methyl sites for hydroxylation is 1. The van der Waals surface area contributed by atoms with E-state index in [1.54, 1.807) is 0 Å². The summed E-state index contributed by atoms with van der Waals surface area (Å²) in [5, 5.41) is 0. The Labute approximate surface area is 120 Å². The Balaban J connectivity index is 0. The normalized spacial score (nSPS) is 9.15. The Bertz CT molecular complexity index is 301. The third-order valence-corrected chi connectivity index (χ3v) is 0.885. The molecule has 0 unspecified atom stereocenters. The topological polar surface area (TPSA) is 74.6 Å².